The van der Waals surface area contributed by atoms with Crippen LogP contribution in [0.1, 0.15) is 6.92 Å². The van der Waals surface area contributed by atoms with Crippen molar-refractivity contribution in [2.75, 3.05) is 30.5 Å². The summed E-state index contributed by atoms with van der Waals surface area (Å²) in [7, 11) is 1.66. The van der Waals surface area contributed by atoms with Crippen molar-refractivity contribution in [2.45, 2.75) is 6.92 Å². The van der Waals surface area contributed by atoms with Gasteiger partial charge in [-0.1, -0.05) is 18.5 Å². The van der Waals surface area contributed by atoms with E-state index in [2.05, 4.69) is 12.2 Å². The third kappa shape index (κ3) is 4.22. The molecule has 0 heterocycles. The average molecular weight is 246 g/mol. The second-order valence-electron chi connectivity index (χ2n) is 2.97. The molecule has 1 aromatic carbocycles. The smallest absolute Gasteiger partial charge is 0.142 e. The number of nitrogens with one attached hydrogen (secondary N) is 1. The first-order valence-electron chi connectivity index (χ1n) is 4.93. The van der Waals surface area contributed by atoms with Gasteiger partial charge in [0.2, 0.25) is 0 Å². The van der Waals surface area contributed by atoms with Gasteiger partial charge in [-0.3, -0.25) is 0 Å². The van der Waals surface area contributed by atoms with Crippen LogP contribution in [-0.2, 0) is 0 Å². The van der Waals surface area contributed by atoms with Gasteiger partial charge in [0.05, 0.1) is 12.8 Å². The number of hydrogen-bond donors (Lipinski definition) is 1. The summed E-state index contributed by atoms with van der Waals surface area (Å²) in [6, 6.07) is 5.58. The van der Waals surface area contributed by atoms with Gasteiger partial charge in [-0.05, 0) is 24.0 Å². The third-order valence-electron chi connectivity index (χ3n) is 1.93. The number of hydrogen-bond acceptors (Lipinski definition) is 3. The molecule has 2 nitrogen and oxygen atoms in total. The summed E-state index contributed by atoms with van der Waals surface area (Å²) in [4.78, 5) is 0. The number of rotatable bonds is 6. The van der Waals surface area contributed by atoms with E-state index in [4.69, 9.17) is 16.3 Å². The van der Waals surface area contributed by atoms with E-state index in [-0.39, 0.29) is 0 Å². The highest BCUT2D eigenvalue weighted by molar-refractivity contribution is 7.99. The summed E-state index contributed by atoms with van der Waals surface area (Å²) in [6.45, 7) is 3.08. The van der Waals surface area contributed by atoms with Crippen molar-refractivity contribution in [1.82, 2.24) is 0 Å². The van der Waals surface area contributed by atoms with Gasteiger partial charge in [-0.15, -0.1) is 0 Å². The largest absolute Gasteiger partial charge is 0.495 e. The Bertz CT molecular complexity index is 307. The summed E-state index contributed by atoms with van der Waals surface area (Å²) in [5.74, 6) is 3.07. The van der Waals surface area contributed by atoms with Crippen LogP contribution in [0.15, 0.2) is 18.2 Å². The number of anilines is 1. The standard InChI is InChI=1S/C11H16ClNOS/c1-3-15-7-6-13-10-8-9(12)4-5-11(10)14-2/h4-5,8,13H,3,6-7H2,1-2H3. The van der Waals surface area contributed by atoms with Crippen molar-refractivity contribution in [3.05, 3.63) is 23.2 Å². The Morgan fingerprint density at radius 1 is 1.47 bits per heavy atom. The summed E-state index contributed by atoms with van der Waals surface area (Å²) in [5, 5.41) is 4.03. The normalized spacial score (nSPS) is 10.1. The van der Waals surface area contributed by atoms with E-state index in [0.29, 0.717) is 0 Å². The molecule has 1 aromatic rings. The number of thioether (sulfide) groups is 1. The van der Waals surface area contributed by atoms with Crippen molar-refractivity contribution < 1.29 is 4.74 Å². The molecule has 84 valence electrons. The maximum atomic E-state index is 5.91. The van der Waals surface area contributed by atoms with E-state index in [1.54, 1.807) is 7.11 Å². The van der Waals surface area contributed by atoms with Crippen LogP contribution in [0.5, 0.6) is 5.75 Å². The minimum Gasteiger partial charge on any atom is -0.495 e. The molecule has 0 unspecified atom stereocenters. The molecule has 15 heavy (non-hydrogen) atoms. The topological polar surface area (TPSA) is 21.3 Å². The van der Waals surface area contributed by atoms with Gasteiger partial charge in [0, 0.05) is 17.3 Å². The number of benzene rings is 1. The molecule has 0 atom stereocenters. The van der Waals surface area contributed by atoms with Crippen LogP contribution in [-0.4, -0.2) is 25.2 Å². The molecule has 0 aliphatic heterocycles. The van der Waals surface area contributed by atoms with Crippen molar-refractivity contribution in [1.29, 1.82) is 0 Å². The van der Waals surface area contributed by atoms with Gasteiger partial charge >= 0.3 is 0 Å². The molecule has 1 rings (SSSR count). The predicted octanol–water partition coefficient (Wildman–Crippen LogP) is 3.51. The summed E-state index contributed by atoms with van der Waals surface area (Å²) < 4.78 is 5.23. The molecular formula is C11H16ClNOS. The van der Waals surface area contributed by atoms with E-state index in [1.807, 2.05) is 30.0 Å². The quantitative estimate of drug-likeness (QED) is 0.775. The second kappa shape index (κ2) is 6.85. The third-order valence-corrected chi connectivity index (χ3v) is 3.06. The molecule has 0 radical (unpaired) electrons. The van der Waals surface area contributed by atoms with Crippen molar-refractivity contribution >= 4 is 29.1 Å². The van der Waals surface area contributed by atoms with Gasteiger partial charge in [0.1, 0.15) is 5.75 Å². The molecule has 0 amide bonds. The highest BCUT2D eigenvalue weighted by Gasteiger charge is 2.02. The Morgan fingerprint density at radius 2 is 2.27 bits per heavy atom. The zero-order valence-electron chi connectivity index (χ0n) is 9.05. The van der Waals surface area contributed by atoms with E-state index >= 15 is 0 Å². The van der Waals surface area contributed by atoms with Gasteiger partial charge in [-0.25, -0.2) is 0 Å². The molecule has 0 saturated carbocycles. The number of methoxy groups -OCH3 is 1. The number of ether oxygens (including phenoxy) is 1. The maximum Gasteiger partial charge on any atom is 0.142 e. The van der Waals surface area contributed by atoms with Crippen molar-refractivity contribution in [3.63, 3.8) is 0 Å². The van der Waals surface area contributed by atoms with E-state index in [9.17, 15) is 0 Å². The fraction of sp³-hybridized carbons (Fsp3) is 0.455. The molecular weight excluding hydrogens is 230 g/mol. The fourth-order valence-electron chi connectivity index (χ4n) is 1.22. The lowest BCUT2D eigenvalue weighted by atomic mass is 10.3. The zero-order valence-corrected chi connectivity index (χ0v) is 10.6. The Morgan fingerprint density at radius 3 is 2.93 bits per heavy atom. The molecule has 1 N–H and O–H groups in total. The minimum atomic E-state index is 0.724. The summed E-state index contributed by atoms with van der Waals surface area (Å²) >= 11 is 7.82. The van der Waals surface area contributed by atoms with Crippen molar-refractivity contribution in [3.8, 4) is 5.75 Å². The molecule has 0 aliphatic carbocycles. The van der Waals surface area contributed by atoms with Gasteiger partial charge in [-0.2, -0.15) is 11.8 Å². The van der Waals surface area contributed by atoms with Crippen LogP contribution in [0.25, 0.3) is 0 Å². The SMILES string of the molecule is CCSCCNc1cc(Cl)ccc1OC. The zero-order chi connectivity index (χ0) is 11.1. The van der Waals surface area contributed by atoms with Gasteiger partial charge in [0.25, 0.3) is 0 Å². The van der Waals surface area contributed by atoms with E-state index in [0.717, 1.165) is 34.5 Å². The lowest BCUT2D eigenvalue weighted by molar-refractivity contribution is 0.416. The lowest BCUT2D eigenvalue weighted by Gasteiger charge is -2.10. The molecule has 0 bridgehead atoms. The highest BCUT2D eigenvalue weighted by atomic mass is 35.5. The maximum absolute atomic E-state index is 5.91. The van der Waals surface area contributed by atoms with Crippen LogP contribution in [0.2, 0.25) is 5.02 Å². The number of halogens is 1. The first kappa shape index (κ1) is 12.5. The van der Waals surface area contributed by atoms with Crippen LogP contribution in [0.4, 0.5) is 5.69 Å². The van der Waals surface area contributed by atoms with E-state index in [1.165, 1.54) is 0 Å². The first-order valence-corrected chi connectivity index (χ1v) is 6.46. The van der Waals surface area contributed by atoms with Crippen LogP contribution in [0.3, 0.4) is 0 Å². The van der Waals surface area contributed by atoms with Crippen LogP contribution < -0.4 is 10.1 Å². The molecule has 0 saturated heterocycles. The monoisotopic (exact) mass is 245 g/mol. The fourth-order valence-corrected chi connectivity index (χ4v) is 1.93. The molecule has 0 spiro atoms. The average Bonchev–Trinajstić information content (AvgIpc) is 2.25. The van der Waals surface area contributed by atoms with E-state index < -0.39 is 0 Å². The Labute approximate surface area is 100 Å². The molecule has 0 aliphatic rings. The summed E-state index contributed by atoms with van der Waals surface area (Å²) in [6.07, 6.45) is 0. The Hall–Kier alpha value is -0.540. The first-order chi connectivity index (χ1) is 7.27. The summed E-state index contributed by atoms with van der Waals surface area (Å²) in [5.41, 5.74) is 0.960. The van der Waals surface area contributed by atoms with Crippen LogP contribution >= 0.6 is 23.4 Å². The highest BCUT2D eigenvalue weighted by Crippen LogP contribution is 2.27. The molecule has 0 aromatic heterocycles. The molecule has 0 fully saturated rings. The van der Waals surface area contributed by atoms with Gasteiger partial charge < -0.3 is 10.1 Å². The van der Waals surface area contributed by atoms with Gasteiger partial charge in [0.15, 0.2) is 0 Å². The Kier molecular flexibility index (Phi) is 5.73. The van der Waals surface area contributed by atoms with Crippen molar-refractivity contribution in [2.24, 2.45) is 0 Å². The Balaban J connectivity index is 2.54. The predicted molar refractivity (Wildman–Crippen MR) is 69.5 cm³/mol. The lowest BCUT2D eigenvalue weighted by Crippen LogP contribution is -2.05. The van der Waals surface area contributed by atoms with Crippen LogP contribution in [0, 0.1) is 0 Å². The molecule has 4 heteroatoms. The second-order valence-corrected chi connectivity index (χ2v) is 4.80. The minimum absolute atomic E-state index is 0.724.